The van der Waals surface area contributed by atoms with Crippen molar-refractivity contribution in [3.8, 4) is 0 Å². The minimum absolute atomic E-state index is 0.153. The highest BCUT2D eigenvalue weighted by atomic mass is 35.5. The molecule has 0 amide bonds. The van der Waals surface area contributed by atoms with Crippen molar-refractivity contribution in [1.82, 2.24) is 13.4 Å². The van der Waals surface area contributed by atoms with Gasteiger partial charge >= 0.3 is 5.69 Å². The summed E-state index contributed by atoms with van der Waals surface area (Å²) in [6, 6.07) is 11.9. The first-order valence-electron chi connectivity index (χ1n) is 8.16. The van der Waals surface area contributed by atoms with Gasteiger partial charge in [-0.15, -0.1) is 0 Å². The van der Waals surface area contributed by atoms with Crippen LogP contribution in [0.2, 0.25) is 5.02 Å². The zero-order chi connectivity index (χ0) is 19.1. The predicted molar refractivity (Wildman–Crippen MR) is 103 cm³/mol. The molecule has 0 atom stereocenters. The van der Waals surface area contributed by atoms with Gasteiger partial charge in [0.2, 0.25) is 10.0 Å². The van der Waals surface area contributed by atoms with Gasteiger partial charge in [-0.2, -0.15) is 4.31 Å². The van der Waals surface area contributed by atoms with Gasteiger partial charge in [-0.25, -0.2) is 13.2 Å². The van der Waals surface area contributed by atoms with Crippen molar-refractivity contribution in [3.63, 3.8) is 0 Å². The molecule has 0 N–H and O–H groups in total. The predicted octanol–water partition coefficient (Wildman–Crippen LogP) is 2.74. The molecule has 0 spiro atoms. The monoisotopic (exact) mass is 393 g/mol. The van der Waals surface area contributed by atoms with E-state index in [1.54, 1.807) is 45.3 Å². The Labute approximate surface area is 157 Å². The first kappa shape index (κ1) is 18.7. The van der Waals surface area contributed by atoms with E-state index in [1.807, 2.05) is 12.1 Å². The molecule has 26 heavy (non-hydrogen) atoms. The zero-order valence-electron chi connectivity index (χ0n) is 14.8. The smallest absolute Gasteiger partial charge is 0.295 e. The Kier molecular flexibility index (Phi) is 4.96. The minimum atomic E-state index is -3.73. The maximum absolute atomic E-state index is 13.1. The van der Waals surface area contributed by atoms with Crippen LogP contribution in [0.15, 0.2) is 52.2 Å². The summed E-state index contributed by atoms with van der Waals surface area (Å²) >= 11 is 6.18. The lowest BCUT2D eigenvalue weighted by Gasteiger charge is -2.21. The van der Waals surface area contributed by atoms with E-state index in [-0.39, 0.29) is 17.1 Å². The van der Waals surface area contributed by atoms with Crippen LogP contribution in [0.25, 0.3) is 11.0 Å². The first-order valence-corrected chi connectivity index (χ1v) is 9.98. The molecule has 0 fully saturated rings. The van der Waals surface area contributed by atoms with Gasteiger partial charge in [0.15, 0.2) is 0 Å². The lowest BCUT2D eigenvalue weighted by Crippen LogP contribution is -2.30. The molecule has 1 heterocycles. The van der Waals surface area contributed by atoms with Gasteiger partial charge in [-0.05, 0) is 29.8 Å². The van der Waals surface area contributed by atoms with Gasteiger partial charge in [-0.1, -0.05) is 36.7 Å². The number of sulfonamides is 1. The second-order valence-electron chi connectivity index (χ2n) is 6.07. The highest BCUT2D eigenvalue weighted by Crippen LogP contribution is 2.24. The summed E-state index contributed by atoms with van der Waals surface area (Å²) in [5.74, 6) is 0. The maximum Gasteiger partial charge on any atom is 0.328 e. The SMILES string of the molecule is CCN(Cc1ccccc1Cl)S(=O)(=O)c1ccc2c(c1)n(C)c(=O)n2C. The van der Waals surface area contributed by atoms with Crippen molar-refractivity contribution in [1.29, 1.82) is 0 Å². The van der Waals surface area contributed by atoms with Crippen LogP contribution in [0, 0.1) is 0 Å². The lowest BCUT2D eigenvalue weighted by atomic mass is 10.2. The van der Waals surface area contributed by atoms with E-state index in [0.29, 0.717) is 22.6 Å². The Bertz CT molecular complexity index is 1130. The summed E-state index contributed by atoms with van der Waals surface area (Å²) in [7, 11) is -0.439. The number of benzene rings is 2. The fourth-order valence-electron chi connectivity index (χ4n) is 2.98. The fraction of sp³-hybridized carbons (Fsp3) is 0.278. The van der Waals surface area contributed by atoms with Crippen LogP contribution in [0.4, 0.5) is 0 Å². The molecule has 3 aromatic rings. The Balaban J connectivity index is 2.06. The number of hydrogen-bond acceptors (Lipinski definition) is 3. The number of halogens is 1. The van der Waals surface area contributed by atoms with Crippen LogP contribution < -0.4 is 5.69 Å². The third-order valence-corrected chi connectivity index (χ3v) is 6.82. The molecule has 0 aliphatic heterocycles. The molecule has 0 aliphatic rings. The molecule has 0 saturated carbocycles. The van der Waals surface area contributed by atoms with Crippen LogP contribution in [-0.2, 0) is 30.7 Å². The molecule has 2 aromatic carbocycles. The van der Waals surface area contributed by atoms with E-state index in [2.05, 4.69) is 0 Å². The molecule has 0 bridgehead atoms. The van der Waals surface area contributed by atoms with Crippen molar-refractivity contribution >= 4 is 32.7 Å². The van der Waals surface area contributed by atoms with Crippen LogP contribution in [0.5, 0.6) is 0 Å². The first-order chi connectivity index (χ1) is 12.3. The maximum atomic E-state index is 13.1. The average Bonchev–Trinajstić information content (AvgIpc) is 2.85. The Morgan fingerprint density at radius 3 is 2.35 bits per heavy atom. The van der Waals surface area contributed by atoms with E-state index in [4.69, 9.17) is 11.6 Å². The summed E-state index contributed by atoms with van der Waals surface area (Å²) in [6.07, 6.45) is 0. The molecule has 1 aromatic heterocycles. The standard InChI is InChI=1S/C18H20ClN3O3S/c1-4-22(12-13-7-5-6-8-15(13)19)26(24,25)14-9-10-16-17(11-14)21(3)18(23)20(16)2/h5-11H,4,12H2,1-3H3. The van der Waals surface area contributed by atoms with Gasteiger partial charge < -0.3 is 0 Å². The number of rotatable bonds is 5. The summed E-state index contributed by atoms with van der Waals surface area (Å²) in [5, 5.41) is 0.530. The van der Waals surface area contributed by atoms with Crippen LogP contribution in [0.1, 0.15) is 12.5 Å². The van der Waals surface area contributed by atoms with Crippen molar-refractivity contribution in [3.05, 3.63) is 63.5 Å². The number of aromatic nitrogens is 2. The highest BCUT2D eigenvalue weighted by molar-refractivity contribution is 7.89. The van der Waals surface area contributed by atoms with E-state index in [0.717, 1.165) is 5.56 Å². The Morgan fingerprint density at radius 2 is 1.69 bits per heavy atom. The number of hydrogen-bond donors (Lipinski definition) is 0. The summed E-state index contributed by atoms with van der Waals surface area (Å²) < 4.78 is 30.5. The van der Waals surface area contributed by atoms with Crippen LogP contribution in [0.3, 0.4) is 0 Å². The topological polar surface area (TPSA) is 64.3 Å². The normalized spacial score (nSPS) is 12.2. The van der Waals surface area contributed by atoms with Crippen molar-refractivity contribution in [2.75, 3.05) is 6.54 Å². The van der Waals surface area contributed by atoms with Gasteiger partial charge in [0, 0.05) is 32.2 Å². The third-order valence-electron chi connectivity index (χ3n) is 4.54. The number of nitrogens with zero attached hydrogens (tertiary/aromatic N) is 3. The minimum Gasteiger partial charge on any atom is -0.295 e. The second-order valence-corrected chi connectivity index (χ2v) is 8.42. The van der Waals surface area contributed by atoms with Gasteiger partial charge in [-0.3, -0.25) is 9.13 Å². The summed E-state index contributed by atoms with van der Waals surface area (Å²) in [6.45, 7) is 2.27. The molecule has 0 radical (unpaired) electrons. The highest BCUT2D eigenvalue weighted by Gasteiger charge is 2.25. The second kappa shape index (κ2) is 6.90. The van der Waals surface area contributed by atoms with Crippen LogP contribution in [-0.4, -0.2) is 28.4 Å². The average molecular weight is 394 g/mol. The molecule has 0 unspecified atom stereocenters. The molecular weight excluding hydrogens is 374 g/mol. The molecule has 3 rings (SSSR count). The quantitative estimate of drug-likeness (QED) is 0.669. The molecule has 8 heteroatoms. The third kappa shape index (κ3) is 3.06. The largest absolute Gasteiger partial charge is 0.328 e. The molecule has 0 saturated heterocycles. The zero-order valence-corrected chi connectivity index (χ0v) is 16.4. The molecule has 0 aliphatic carbocycles. The van der Waals surface area contributed by atoms with Gasteiger partial charge in [0.05, 0.1) is 15.9 Å². The van der Waals surface area contributed by atoms with Crippen molar-refractivity contribution < 1.29 is 8.42 Å². The van der Waals surface area contributed by atoms with E-state index in [1.165, 1.54) is 19.5 Å². The number of imidazole rings is 1. The summed E-state index contributed by atoms with van der Waals surface area (Å²) in [5.41, 5.74) is 1.81. The Morgan fingerprint density at radius 1 is 1.04 bits per heavy atom. The Hall–Kier alpha value is -2.09. The van der Waals surface area contributed by atoms with E-state index >= 15 is 0 Å². The van der Waals surface area contributed by atoms with Crippen molar-refractivity contribution in [2.24, 2.45) is 14.1 Å². The number of fused-ring (bicyclic) bond motifs is 1. The van der Waals surface area contributed by atoms with Gasteiger partial charge in [0.1, 0.15) is 0 Å². The molecular formula is C18H20ClN3O3S. The van der Waals surface area contributed by atoms with E-state index in [9.17, 15) is 13.2 Å². The lowest BCUT2D eigenvalue weighted by molar-refractivity contribution is 0.423. The van der Waals surface area contributed by atoms with Crippen molar-refractivity contribution in [2.45, 2.75) is 18.4 Å². The number of aryl methyl sites for hydroxylation is 2. The van der Waals surface area contributed by atoms with Gasteiger partial charge in [0.25, 0.3) is 0 Å². The fourth-order valence-corrected chi connectivity index (χ4v) is 4.62. The van der Waals surface area contributed by atoms with Crippen LogP contribution >= 0.6 is 11.6 Å². The van der Waals surface area contributed by atoms with E-state index < -0.39 is 10.0 Å². The summed E-state index contributed by atoms with van der Waals surface area (Å²) in [4.78, 5) is 12.2. The molecule has 138 valence electrons. The molecule has 6 nitrogen and oxygen atoms in total.